The summed E-state index contributed by atoms with van der Waals surface area (Å²) >= 11 is 0. The topological polar surface area (TPSA) is 78.9 Å². The summed E-state index contributed by atoms with van der Waals surface area (Å²) in [5.74, 6) is -0.973. The summed E-state index contributed by atoms with van der Waals surface area (Å²) in [5.41, 5.74) is 0.615. The molecule has 0 aliphatic heterocycles. The van der Waals surface area contributed by atoms with Gasteiger partial charge in [0, 0.05) is 6.54 Å². The molecule has 1 unspecified atom stereocenters. The predicted octanol–water partition coefficient (Wildman–Crippen LogP) is 1.68. The molecule has 0 saturated heterocycles. The lowest BCUT2D eigenvalue weighted by molar-refractivity contribution is -0.141. The number of benzene rings is 1. The number of hydrogen-bond acceptors (Lipinski definition) is 4. The summed E-state index contributed by atoms with van der Waals surface area (Å²) in [6, 6.07) is 7.20. The van der Waals surface area contributed by atoms with E-state index in [4.69, 9.17) is 9.84 Å². The molecule has 1 rings (SSSR count). The van der Waals surface area contributed by atoms with Gasteiger partial charge in [-0.2, -0.15) is 0 Å². The minimum atomic E-state index is -0.871. The molecule has 0 saturated carbocycles. The Morgan fingerprint density at radius 3 is 2.67 bits per heavy atom. The van der Waals surface area contributed by atoms with Crippen molar-refractivity contribution < 1.29 is 19.4 Å². The maximum atomic E-state index is 12.0. The number of likely N-dealkylation sites (N-methyl/N-ethyl adjacent to an activating group) is 1. The van der Waals surface area contributed by atoms with Gasteiger partial charge in [-0.15, -0.1) is 0 Å². The molecule has 1 atom stereocenters. The molecule has 0 aromatic heterocycles. The molecule has 1 aromatic rings. The first-order chi connectivity index (χ1) is 9.93. The number of rotatable bonds is 8. The van der Waals surface area contributed by atoms with Crippen LogP contribution in [0.1, 0.15) is 13.8 Å². The van der Waals surface area contributed by atoms with Gasteiger partial charge in [0.05, 0.1) is 24.8 Å². The first-order valence-corrected chi connectivity index (χ1v) is 6.87. The van der Waals surface area contributed by atoms with Crippen molar-refractivity contribution in [1.29, 1.82) is 0 Å². The second-order valence-corrected chi connectivity index (χ2v) is 4.91. The van der Waals surface area contributed by atoms with E-state index in [1.807, 2.05) is 19.1 Å². The molecule has 0 aliphatic carbocycles. The summed E-state index contributed by atoms with van der Waals surface area (Å²) in [5, 5.41) is 11.6. The first kappa shape index (κ1) is 17.0. The Bertz CT molecular complexity index is 490. The van der Waals surface area contributed by atoms with Gasteiger partial charge >= 0.3 is 5.97 Å². The molecular formula is C15H22N2O4. The number of nitrogens with one attached hydrogen (secondary N) is 1. The lowest BCUT2D eigenvalue weighted by Gasteiger charge is -2.19. The molecule has 6 heteroatoms. The molecule has 6 nitrogen and oxygen atoms in total. The molecule has 0 heterocycles. The second-order valence-electron chi connectivity index (χ2n) is 4.91. The molecule has 116 valence electrons. The Balaban J connectivity index is 2.55. The third kappa shape index (κ3) is 5.83. The molecule has 2 N–H and O–H groups in total. The monoisotopic (exact) mass is 294 g/mol. The van der Waals surface area contributed by atoms with Gasteiger partial charge in [0.1, 0.15) is 5.75 Å². The van der Waals surface area contributed by atoms with Gasteiger partial charge in [-0.05, 0) is 26.1 Å². The predicted molar refractivity (Wildman–Crippen MR) is 80.5 cm³/mol. The Morgan fingerprint density at radius 2 is 2.05 bits per heavy atom. The maximum absolute atomic E-state index is 12.0. The minimum absolute atomic E-state index is 0.123. The van der Waals surface area contributed by atoms with E-state index in [0.29, 0.717) is 24.6 Å². The Hall–Kier alpha value is -2.08. The van der Waals surface area contributed by atoms with Crippen LogP contribution in [0.15, 0.2) is 24.3 Å². The highest BCUT2D eigenvalue weighted by atomic mass is 16.5. The van der Waals surface area contributed by atoms with Crippen LogP contribution >= 0.6 is 0 Å². The standard InChI is InChI=1S/C15H22N2O4/c1-4-21-13-8-6-5-7-12(13)16-14(18)10-17(3)9-11(2)15(19)20/h5-8,11H,4,9-10H2,1-3H3,(H,16,18)(H,19,20). The maximum Gasteiger partial charge on any atom is 0.307 e. The van der Waals surface area contributed by atoms with Crippen molar-refractivity contribution in [3.05, 3.63) is 24.3 Å². The molecule has 1 amide bonds. The van der Waals surface area contributed by atoms with E-state index in [9.17, 15) is 9.59 Å². The molecule has 0 fully saturated rings. The fraction of sp³-hybridized carbons (Fsp3) is 0.467. The number of carbonyl (C=O) groups is 2. The van der Waals surface area contributed by atoms with Crippen molar-refractivity contribution in [3.63, 3.8) is 0 Å². The van der Waals surface area contributed by atoms with Crippen LogP contribution in [-0.2, 0) is 9.59 Å². The average Bonchev–Trinajstić information content (AvgIpc) is 2.40. The number of para-hydroxylation sites is 2. The van der Waals surface area contributed by atoms with E-state index < -0.39 is 11.9 Å². The number of nitrogens with zero attached hydrogens (tertiary/aromatic N) is 1. The number of carboxylic acids is 1. The van der Waals surface area contributed by atoms with E-state index in [1.165, 1.54) is 0 Å². The van der Waals surface area contributed by atoms with Gasteiger partial charge in [-0.25, -0.2) is 0 Å². The van der Waals surface area contributed by atoms with E-state index >= 15 is 0 Å². The van der Waals surface area contributed by atoms with Crippen molar-refractivity contribution in [2.24, 2.45) is 5.92 Å². The van der Waals surface area contributed by atoms with Crippen molar-refractivity contribution in [1.82, 2.24) is 4.90 Å². The van der Waals surface area contributed by atoms with Gasteiger partial charge in [0.25, 0.3) is 0 Å². The molecule has 0 radical (unpaired) electrons. The summed E-state index contributed by atoms with van der Waals surface area (Å²) in [7, 11) is 1.72. The van der Waals surface area contributed by atoms with Crippen LogP contribution in [0.3, 0.4) is 0 Å². The third-order valence-electron chi connectivity index (χ3n) is 2.88. The van der Waals surface area contributed by atoms with Gasteiger partial charge in [0.15, 0.2) is 0 Å². The molecule has 21 heavy (non-hydrogen) atoms. The highest BCUT2D eigenvalue weighted by Crippen LogP contribution is 2.23. The first-order valence-electron chi connectivity index (χ1n) is 6.87. The van der Waals surface area contributed by atoms with E-state index in [0.717, 1.165) is 0 Å². The Labute approximate surface area is 124 Å². The average molecular weight is 294 g/mol. The fourth-order valence-corrected chi connectivity index (χ4v) is 1.90. The number of anilines is 1. The van der Waals surface area contributed by atoms with Crippen molar-refractivity contribution >= 4 is 17.6 Å². The second kappa shape index (κ2) is 8.26. The van der Waals surface area contributed by atoms with E-state index in [1.54, 1.807) is 31.0 Å². The van der Waals surface area contributed by atoms with Gasteiger partial charge < -0.3 is 15.2 Å². The van der Waals surface area contributed by atoms with Crippen LogP contribution in [0.25, 0.3) is 0 Å². The fourth-order valence-electron chi connectivity index (χ4n) is 1.90. The van der Waals surface area contributed by atoms with Gasteiger partial charge in [-0.1, -0.05) is 19.1 Å². The SMILES string of the molecule is CCOc1ccccc1NC(=O)CN(C)CC(C)C(=O)O. The van der Waals surface area contributed by atoms with Crippen LogP contribution in [-0.4, -0.2) is 48.6 Å². The van der Waals surface area contributed by atoms with Crippen molar-refractivity contribution in [2.45, 2.75) is 13.8 Å². The summed E-state index contributed by atoms with van der Waals surface area (Å²) < 4.78 is 5.43. The number of amides is 1. The summed E-state index contributed by atoms with van der Waals surface area (Å²) in [6.45, 7) is 4.44. The normalized spacial score (nSPS) is 12.0. The van der Waals surface area contributed by atoms with Crippen molar-refractivity contribution in [3.8, 4) is 5.75 Å². The largest absolute Gasteiger partial charge is 0.492 e. The van der Waals surface area contributed by atoms with E-state index in [2.05, 4.69) is 5.32 Å². The molecule has 0 spiro atoms. The van der Waals surface area contributed by atoms with Crippen LogP contribution < -0.4 is 10.1 Å². The lowest BCUT2D eigenvalue weighted by atomic mass is 10.2. The zero-order valence-corrected chi connectivity index (χ0v) is 12.6. The number of carbonyl (C=O) groups excluding carboxylic acids is 1. The highest BCUT2D eigenvalue weighted by Gasteiger charge is 2.16. The van der Waals surface area contributed by atoms with Crippen LogP contribution in [0, 0.1) is 5.92 Å². The van der Waals surface area contributed by atoms with Crippen LogP contribution in [0.4, 0.5) is 5.69 Å². The third-order valence-corrected chi connectivity index (χ3v) is 2.88. The number of aliphatic carboxylic acids is 1. The summed E-state index contributed by atoms with van der Waals surface area (Å²) in [6.07, 6.45) is 0. The molecule has 0 aliphatic rings. The smallest absolute Gasteiger partial charge is 0.307 e. The Morgan fingerprint density at radius 1 is 1.38 bits per heavy atom. The van der Waals surface area contributed by atoms with Crippen LogP contribution in [0.2, 0.25) is 0 Å². The van der Waals surface area contributed by atoms with Crippen LogP contribution in [0.5, 0.6) is 5.75 Å². The zero-order valence-electron chi connectivity index (χ0n) is 12.6. The quantitative estimate of drug-likeness (QED) is 0.762. The van der Waals surface area contributed by atoms with Gasteiger partial charge in [-0.3, -0.25) is 14.5 Å². The van der Waals surface area contributed by atoms with Crippen molar-refractivity contribution in [2.75, 3.05) is 32.1 Å². The molecule has 0 bridgehead atoms. The number of carboxylic acid groups (broad SMARTS) is 1. The molecular weight excluding hydrogens is 272 g/mol. The number of ether oxygens (including phenoxy) is 1. The highest BCUT2D eigenvalue weighted by molar-refractivity contribution is 5.93. The van der Waals surface area contributed by atoms with E-state index in [-0.39, 0.29) is 12.5 Å². The lowest BCUT2D eigenvalue weighted by Crippen LogP contribution is -2.35. The zero-order chi connectivity index (χ0) is 15.8. The summed E-state index contributed by atoms with van der Waals surface area (Å²) in [4.78, 5) is 24.4. The minimum Gasteiger partial charge on any atom is -0.492 e. The molecule has 1 aromatic carbocycles. The number of hydrogen-bond donors (Lipinski definition) is 2. The Kier molecular flexibility index (Phi) is 6.68. The van der Waals surface area contributed by atoms with Gasteiger partial charge in [0.2, 0.25) is 5.91 Å².